The summed E-state index contributed by atoms with van der Waals surface area (Å²) in [6.07, 6.45) is 6.29. The van der Waals surface area contributed by atoms with Crippen LogP contribution in [-0.2, 0) is 11.3 Å². The number of alkyl carbamates (subject to hydrolysis) is 1. The molecule has 1 aliphatic carbocycles. The van der Waals surface area contributed by atoms with E-state index >= 15 is 0 Å². The van der Waals surface area contributed by atoms with Gasteiger partial charge in [0.25, 0.3) is 0 Å². The number of rotatable bonds is 5. The van der Waals surface area contributed by atoms with Crippen molar-refractivity contribution in [3.8, 4) is 0 Å². The Bertz CT molecular complexity index is 507. The maximum atomic E-state index is 11.8. The molecule has 1 aromatic heterocycles. The summed E-state index contributed by atoms with van der Waals surface area (Å²) in [7, 11) is 0. The van der Waals surface area contributed by atoms with E-state index in [1.54, 1.807) is 0 Å². The van der Waals surface area contributed by atoms with Crippen LogP contribution in [0.1, 0.15) is 58.0 Å². The van der Waals surface area contributed by atoms with Crippen molar-refractivity contribution in [1.82, 2.24) is 20.6 Å². The van der Waals surface area contributed by atoms with Gasteiger partial charge in [-0.1, -0.05) is 12.8 Å². The standard InChI is InChI=1S/C17H30N4O2/c1-12-18-10-14(21-12)11-19-15-8-6-5-7-13(15)9-20-16(22)23-17(2,3)4/h10,13,15,19H,5-9,11H2,1-4H3,(H,18,21)(H,20,22). The average Bonchev–Trinajstić information content (AvgIpc) is 2.87. The molecule has 0 spiro atoms. The molecule has 2 unspecified atom stereocenters. The number of ether oxygens (including phenoxy) is 1. The highest BCUT2D eigenvalue weighted by atomic mass is 16.6. The van der Waals surface area contributed by atoms with Gasteiger partial charge in [0, 0.05) is 31.0 Å². The van der Waals surface area contributed by atoms with Crippen molar-refractivity contribution >= 4 is 6.09 Å². The number of carbonyl (C=O) groups is 1. The number of nitrogens with zero attached hydrogens (tertiary/aromatic N) is 1. The minimum atomic E-state index is -0.452. The van der Waals surface area contributed by atoms with Gasteiger partial charge in [-0.3, -0.25) is 0 Å². The molecule has 1 amide bonds. The lowest BCUT2D eigenvalue weighted by Crippen LogP contribution is -2.44. The monoisotopic (exact) mass is 322 g/mol. The SMILES string of the molecule is Cc1ncc(CNC2CCCCC2CNC(=O)OC(C)(C)C)[nH]1. The highest BCUT2D eigenvalue weighted by Crippen LogP contribution is 2.24. The lowest BCUT2D eigenvalue weighted by Gasteiger charge is -2.32. The van der Waals surface area contributed by atoms with Crippen molar-refractivity contribution < 1.29 is 9.53 Å². The number of H-pyrrole nitrogens is 1. The number of imidazole rings is 1. The van der Waals surface area contributed by atoms with Crippen LogP contribution in [0.15, 0.2) is 6.20 Å². The molecule has 0 bridgehead atoms. The number of carbonyl (C=O) groups excluding carboxylic acids is 1. The van der Waals surface area contributed by atoms with Gasteiger partial charge in [0.1, 0.15) is 11.4 Å². The summed E-state index contributed by atoms with van der Waals surface area (Å²) in [5.41, 5.74) is 0.652. The van der Waals surface area contributed by atoms with Gasteiger partial charge < -0.3 is 20.4 Å². The summed E-state index contributed by atoms with van der Waals surface area (Å²) < 4.78 is 5.31. The first-order chi connectivity index (χ1) is 10.8. The summed E-state index contributed by atoms with van der Waals surface area (Å²) in [5, 5.41) is 6.53. The molecule has 1 heterocycles. The second-order valence-corrected chi connectivity index (χ2v) is 7.41. The largest absolute Gasteiger partial charge is 0.444 e. The molecule has 0 aromatic carbocycles. The summed E-state index contributed by atoms with van der Waals surface area (Å²) in [5.74, 6) is 1.38. The molecule has 23 heavy (non-hydrogen) atoms. The van der Waals surface area contributed by atoms with Crippen LogP contribution in [0.3, 0.4) is 0 Å². The normalized spacial score (nSPS) is 21.9. The third kappa shape index (κ3) is 6.22. The molecular formula is C17H30N4O2. The third-order valence-electron chi connectivity index (χ3n) is 4.13. The van der Waals surface area contributed by atoms with Crippen LogP contribution in [0.5, 0.6) is 0 Å². The van der Waals surface area contributed by atoms with Crippen molar-refractivity contribution in [2.45, 2.75) is 71.6 Å². The quantitative estimate of drug-likeness (QED) is 0.779. The number of hydrogen-bond acceptors (Lipinski definition) is 4. The Morgan fingerprint density at radius 3 is 2.78 bits per heavy atom. The van der Waals surface area contributed by atoms with E-state index < -0.39 is 5.60 Å². The van der Waals surface area contributed by atoms with Gasteiger partial charge in [-0.15, -0.1) is 0 Å². The molecule has 0 aliphatic heterocycles. The Hall–Kier alpha value is -1.56. The van der Waals surface area contributed by atoms with Gasteiger partial charge in [-0.05, 0) is 46.5 Å². The first-order valence-electron chi connectivity index (χ1n) is 8.54. The lowest BCUT2D eigenvalue weighted by molar-refractivity contribution is 0.0510. The fourth-order valence-electron chi connectivity index (χ4n) is 3.05. The van der Waals surface area contributed by atoms with E-state index in [1.165, 1.54) is 12.8 Å². The number of nitrogens with one attached hydrogen (secondary N) is 3. The van der Waals surface area contributed by atoms with Gasteiger partial charge in [0.2, 0.25) is 0 Å². The van der Waals surface area contributed by atoms with Gasteiger partial charge in [0.05, 0.1) is 0 Å². The fourth-order valence-corrected chi connectivity index (χ4v) is 3.05. The number of hydrogen-bond donors (Lipinski definition) is 3. The van der Waals surface area contributed by atoms with Crippen LogP contribution in [0.25, 0.3) is 0 Å². The summed E-state index contributed by atoms with van der Waals surface area (Å²) in [6, 6.07) is 0.419. The molecule has 1 aliphatic rings. The van der Waals surface area contributed by atoms with Gasteiger partial charge >= 0.3 is 6.09 Å². The molecule has 2 atom stereocenters. The first kappa shape index (κ1) is 17.8. The molecule has 130 valence electrons. The summed E-state index contributed by atoms with van der Waals surface area (Å²) >= 11 is 0. The Balaban J connectivity index is 1.79. The van der Waals surface area contributed by atoms with E-state index in [0.29, 0.717) is 18.5 Å². The zero-order chi connectivity index (χ0) is 16.9. The number of amides is 1. The number of aromatic amines is 1. The van der Waals surface area contributed by atoms with Crippen LogP contribution >= 0.6 is 0 Å². The molecule has 1 aromatic rings. The summed E-state index contributed by atoms with van der Waals surface area (Å²) in [4.78, 5) is 19.3. The first-order valence-corrected chi connectivity index (χ1v) is 8.54. The van der Waals surface area contributed by atoms with Crippen LogP contribution in [0.4, 0.5) is 4.79 Å². The van der Waals surface area contributed by atoms with E-state index in [2.05, 4.69) is 20.6 Å². The molecule has 6 heteroatoms. The van der Waals surface area contributed by atoms with E-state index in [0.717, 1.165) is 30.9 Å². The Morgan fingerprint density at radius 2 is 2.13 bits per heavy atom. The predicted octanol–water partition coefficient (Wildman–Crippen LogP) is 2.89. The van der Waals surface area contributed by atoms with Crippen molar-refractivity contribution in [3.63, 3.8) is 0 Å². The molecular weight excluding hydrogens is 292 g/mol. The van der Waals surface area contributed by atoms with Crippen molar-refractivity contribution in [1.29, 1.82) is 0 Å². The maximum absolute atomic E-state index is 11.8. The molecule has 2 rings (SSSR count). The van der Waals surface area contributed by atoms with Crippen LogP contribution in [0, 0.1) is 12.8 Å². The number of aryl methyl sites for hydroxylation is 1. The highest BCUT2D eigenvalue weighted by molar-refractivity contribution is 5.67. The fraction of sp³-hybridized carbons (Fsp3) is 0.765. The van der Waals surface area contributed by atoms with Crippen LogP contribution < -0.4 is 10.6 Å². The van der Waals surface area contributed by atoms with Crippen molar-refractivity contribution in [2.75, 3.05) is 6.54 Å². The second kappa shape index (κ2) is 7.81. The molecule has 0 saturated heterocycles. The zero-order valence-electron chi connectivity index (χ0n) is 14.7. The molecule has 3 N–H and O–H groups in total. The second-order valence-electron chi connectivity index (χ2n) is 7.41. The van der Waals surface area contributed by atoms with Gasteiger partial charge in [-0.25, -0.2) is 9.78 Å². The minimum Gasteiger partial charge on any atom is -0.444 e. The van der Waals surface area contributed by atoms with Crippen LogP contribution in [-0.4, -0.2) is 34.2 Å². The Morgan fingerprint density at radius 1 is 1.39 bits per heavy atom. The van der Waals surface area contributed by atoms with Gasteiger partial charge in [-0.2, -0.15) is 0 Å². The molecule has 1 saturated carbocycles. The Labute approximate surface area is 138 Å². The van der Waals surface area contributed by atoms with Crippen molar-refractivity contribution in [2.24, 2.45) is 5.92 Å². The lowest BCUT2D eigenvalue weighted by atomic mass is 9.84. The van der Waals surface area contributed by atoms with E-state index in [9.17, 15) is 4.79 Å². The third-order valence-corrected chi connectivity index (χ3v) is 4.13. The van der Waals surface area contributed by atoms with E-state index in [1.807, 2.05) is 33.9 Å². The molecule has 6 nitrogen and oxygen atoms in total. The van der Waals surface area contributed by atoms with E-state index in [-0.39, 0.29) is 6.09 Å². The Kier molecular flexibility index (Phi) is 6.04. The van der Waals surface area contributed by atoms with E-state index in [4.69, 9.17) is 4.74 Å². The molecule has 0 radical (unpaired) electrons. The smallest absolute Gasteiger partial charge is 0.407 e. The predicted molar refractivity (Wildman–Crippen MR) is 90.1 cm³/mol. The van der Waals surface area contributed by atoms with Crippen LogP contribution in [0.2, 0.25) is 0 Å². The molecule has 1 fully saturated rings. The summed E-state index contributed by atoms with van der Waals surface area (Å²) in [6.45, 7) is 9.04. The number of aromatic nitrogens is 2. The van der Waals surface area contributed by atoms with Crippen molar-refractivity contribution in [3.05, 3.63) is 17.7 Å². The maximum Gasteiger partial charge on any atom is 0.407 e. The average molecular weight is 322 g/mol. The topological polar surface area (TPSA) is 79.0 Å². The highest BCUT2D eigenvalue weighted by Gasteiger charge is 2.26. The zero-order valence-corrected chi connectivity index (χ0v) is 14.7. The van der Waals surface area contributed by atoms with Gasteiger partial charge in [0.15, 0.2) is 0 Å². The minimum absolute atomic E-state index is 0.328.